The lowest BCUT2D eigenvalue weighted by molar-refractivity contribution is -0.136. The third kappa shape index (κ3) is 31.1. The second kappa shape index (κ2) is 45.0. The lowest BCUT2D eigenvalue weighted by Gasteiger charge is -2.25. The van der Waals surface area contributed by atoms with Gasteiger partial charge in [-0.3, -0.25) is 19.1 Å². The topological polar surface area (TPSA) is 272 Å². The Kier molecular flexibility index (Phi) is 38.1. The van der Waals surface area contributed by atoms with Crippen molar-refractivity contribution in [3.05, 3.63) is 46.8 Å². The van der Waals surface area contributed by atoms with E-state index in [2.05, 4.69) is 25.5 Å². The fourth-order valence-corrected chi connectivity index (χ4v) is 7.78. The molecule has 2 aliphatic rings. The molecule has 4 rings (SSSR count). The van der Waals surface area contributed by atoms with E-state index in [9.17, 15) is 36.7 Å². The van der Waals surface area contributed by atoms with Crippen LogP contribution in [0.4, 0.5) is 28.0 Å². The van der Waals surface area contributed by atoms with Gasteiger partial charge in [-0.1, -0.05) is 6.92 Å². The first kappa shape index (κ1) is 71.1. The fraction of sp³-hybridized carbons (Fsp3) is 0.714. The van der Waals surface area contributed by atoms with Crippen LogP contribution in [0.1, 0.15) is 83.2 Å². The lowest BCUT2D eigenvalue weighted by Crippen LogP contribution is -2.37. The van der Waals surface area contributed by atoms with E-state index in [0.717, 1.165) is 50.6 Å². The normalized spacial score (nSPS) is 13.2. The number of nitrogens with two attached hydrogens (primary N) is 1. The van der Waals surface area contributed by atoms with Crippen molar-refractivity contribution in [1.29, 1.82) is 0 Å². The van der Waals surface area contributed by atoms with Gasteiger partial charge >= 0.3 is 12.1 Å². The van der Waals surface area contributed by atoms with Crippen molar-refractivity contribution in [3.63, 3.8) is 0 Å². The number of aryl methyl sites for hydroxylation is 1. The summed E-state index contributed by atoms with van der Waals surface area (Å²) in [6.45, 7) is 12.2. The maximum absolute atomic E-state index is 13.8. The summed E-state index contributed by atoms with van der Waals surface area (Å²) in [5.74, 6) is -9.38. The molecule has 0 unspecified atom stereocenters. The lowest BCUT2D eigenvalue weighted by atomic mass is 9.96. The number of aliphatic imine (C=N–C) groups is 1. The number of amidine groups is 1. The molecular weight excluding hydrogens is 1120 g/mol. The second-order valence-electron chi connectivity index (χ2n) is 19.0. The van der Waals surface area contributed by atoms with Crippen LogP contribution in [0.3, 0.4) is 0 Å². The summed E-state index contributed by atoms with van der Waals surface area (Å²) in [6.07, 6.45) is 9.95. The first-order valence-corrected chi connectivity index (χ1v) is 28.9. The van der Waals surface area contributed by atoms with Gasteiger partial charge in [0.05, 0.1) is 164 Å². The Labute approximate surface area is 488 Å². The smallest absolute Gasteiger partial charge is 0.407 e. The predicted octanol–water partition coefficient (Wildman–Crippen LogP) is 4.98. The maximum Gasteiger partial charge on any atom is 0.407 e. The van der Waals surface area contributed by atoms with Crippen LogP contribution in [0.2, 0.25) is 0 Å². The molecule has 1 aromatic heterocycles. The summed E-state index contributed by atoms with van der Waals surface area (Å²) in [5.41, 5.74) is 8.15. The van der Waals surface area contributed by atoms with Gasteiger partial charge in [0.2, 0.25) is 29.2 Å². The molecule has 0 saturated heterocycles. The van der Waals surface area contributed by atoms with Crippen LogP contribution in [-0.4, -0.2) is 222 Å². The molecule has 0 spiro atoms. The number of carbonyl (C=O) groups is 4. The molecule has 1 saturated carbocycles. The molecule has 0 bridgehead atoms. The van der Waals surface area contributed by atoms with E-state index in [1.165, 1.54) is 0 Å². The molecule has 84 heavy (non-hydrogen) atoms. The van der Waals surface area contributed by atoms with Gasteiger partial charge in [0.1, 0.15) is 17.6 Å². The van der Waals surface area contributed by atoms with Crippen LogP contribution >= 0.6 is 0 Å². The molecule has 3 amide bonds. The standard InChI is InChI=1S/C56H87F4N7O17/c1-2-14-66(15-7-13-63-56(71)83-44-8-6-9-44)55(70)43-39-48-47(65-49(61)40-43)42-64-67(48)16-5-3-4-12-62-50(68)10-17-72-19-21-74-23-25-76-27-29-78-31-33-80-35-37-82-38-36-81-34-32-79-30-28-77-26-24-75-22-20-73-18-11-51(69)84-54-52(59)45(57)41-46(58)53(54)60/h39,41-42,44H,2-38,40H2,1H3,(H2,61,65)(H,62,68)(H,63,71). The molecule has 0 radical (unpaired) electrons. The summed E-state index contributed by atoms with van der Waals surface area (Å²) in [6, 6.07) is 0.0144. The number of esters is 1. The molecule has 2 aromatic rings. The van der Waals surface area contributed by atoms with Gasteiger partial charge in [0.15, 0.2) is 11.6 Å². The van der Waals surface area contributed by atoms with Gasteiger partial charge in [-0.25, -0.2) is 18.6 Å². The number of hydrogen-bond acceptors (Lipinski definition) is 20. The number of ether oxygens (including phenoxy) is 13. The van der Waals surface area contributed by atoms with Crippen molar-refractivity contribution in [3.8, 4) is 5.75 Å². The average molecular weight is 1210 g/mol. The minimum atomic E-state index is -1.80. The van der Waals surface area contributed by atoms with Crippen molar-refractivity contribution in [2.24, 2.45) is 10.7 Å². The largest absolute Gasteiger partial charge is 0.446 e. The minimum absolute atomic E-state index is 0.0144. The number of halogens is 4. The number of alkyl carbamates (subject to hydrolysis) is 1. The molecule has 2 heterocycles. The van der Waals surface area contributed by atoms with Crippen molar-refractivity contribution in [2.45, 2.75) is 90.2 Å². The molecule has 4 N–H and O–H groups in total. The first-order chi connectivity index (χ1) is 41.0. The van der Waals surface area contributed by atoms with E-state index in [1.54, 1.807) is 11.1 Å². The van der Waals surface area contributed by atoms with Crippen LogP contribution in [-0.2, 0) is 77.8 Å². The molecule has 1 aliphatic carbocycles. The van der Waals surface area contributed by atoms with Gasteiger partial charge in [-0.15, -0.1) is 0 Å². The number of hydrogen-bond donors (Lipinski definition) is 3. The van der Waals surface area contributed by atoms with Crippen molar-refractivity contribution >= 4 is 41.5 Å². The summed E-state index contributed by atoms with van der Waals surface area (Å²) in [4.78, 5) is 56.2. The first-order valence-electron chi connectivity index (χ1n) is 28.9. The number of fused-ring (bicyclic) bond motifs is 1. The summed E-state index contributed by atoms with van der Waals surface area (Å²) < 4.78 is 125. The summed E-state index contributed by atoms with van der Waals surface area (Å²) >= 11 is 0. The highest BCUT2D eigenvalue weighted by atomic mass is 19.2. The van der Waals surface area contributed by atoms with E-state index in [4.69, 9.17) is 62.6 Å². The van der Waals surface area contributed by atoms with Gasteiger partial charge in [-0.2, -0.15) is 13.9 Å². The molecule has 1 aromatic carbocycles. The molecular formula is C56H87F4N7O17. The van der Waals surface area contributed by atoms with Crippen molar-refractivity contribution in [2.75, 3.05) is 172 Å². The quantitative estimate of drug-likeness (QED) is 0.0259. The van der Waals surface area contributed by atoms with Gasteiger partial charge in [0.25, 0.3) is 0 Å². The third-order valence-electron chi connectivity index (χ3n) is 12.4. The summed E-state index contributed by atoms with van der Waals surface area (Å²) in [5, 5.41) is 10.3. The Morgan fingerprint density at radius 2 is 1.10 bits per heavy atom. The highest BCUT2D eigenvalue weighted by Crippen LogP contribution is 2.29. The van der Waals surface area contributed by atoms with E-state index >= 15 is 0 Å². The van der Waals surface area contributed by atoms with Crippen molar-refractivity contribution in [1.82, 2.24) is 25.3 Å². The highest BCUT2D eigenvalue weighted by molar-refractivity contribution is 6.05. The van der Waals surface area contributed by atoms with Gasteiger partial charge in [-0.05, 0) is 57.4 Å². The second-order valence-corrected chi connectivity index (χ2v) is 19.0. The predicted molar refractivity (Wildman–Crippen MR) is 297 cm³/mol. The van der Waals surface area contributed by atoms with E-state index in [1.807, 2.05) is 17.7 Å². The Balaban J connectivity index is 0.825. The van der Waals surface area contributed by atoms with Crippen LogP contribution in [0.25, 0.3) is 6.08 Å². The summed E-state index contributed by atoms with van der Waals surface area (Å²) in [7, 11) is 0. The number of rotatable bonds is 51. The maximum atomic E-state index is 13.8. The zero-order valence-corrected chi connectivity index (χ0v) is 48.5. The van der Waals surface area contributed by atoms with Crippen LogP contribution < -0.4 is 21.1 Å². The van der Waals surface area contributed by atoms with Crippen molar-refractivity contribution < 1.29 is 98.3 Å². The number of unbranched alkanes of at least 4 members (excludes halogenated alkanes) is 2. The van der Waals surface area contributed by atoms with Crippen LogP contribution in [0, 0.1) is 23.3 Å². The highest BCUT2D eigenvalue weighted by Gasteiger charge is 2.25. The Morgan fingerprint density at radius 1 is 0.619 bits per heavy atom. The molecule has 1 aliphatic heterocycles. The Bertz CT molecular complexity index is 2220. The molecule has 476 valence electrons. The number of benzene rings is 1. The molecule has 1 fully saturated rings. The third-order valence-corrected chi connectivity index (χ3v) is 12.4. The number of nitrogens with one attached hydrogen (secondary N) is 2. The van der Waals surface area contributed by atoms with Gasteiger partial charge < -0.3 is 82.8 Å². The number of aromatic nitrogens is 2. The van der Waals surface area contributed by atoms with E-state index in [-0.39, 0.29) is 63.3 Å². The molecule has 0 atom stereocenters. The Hall–Kier alpha value is -5.40. The van der Waals surface area contributed by atoms with Crippen LogP contribution in [0.15, 0.2) is 22.8 Å². The Morgan fingerprint density at radius 3 is 1.57 bits per heavy atom. The minimum Gasteiger partial charge on any atom is -0.446 e. The molecule has 24 nitrogen and oxygen atoms in total. The zero-order chi connectivity index (χ0) is 60.2. The van der Waals surface area contributed by atoms with E-state index < -0.39 is 47.5 Å². The van der Waals surface area contributed by atoms with E-state index in [0.29, 0.717) is 175 Å². The fourth-order valence-electron chi connectivity index (χ4n) is 7.78. The average Bonchev–Trinajstić information content (AvgIpc) is 3.64. The number of carbonyl (C=O) groups excluding carboxylic acids is 4. The van der Waals surface area contributed by atoms with Gasteiger partial charge in [0, 0.05) is 57.2 Å². The molecule has 28 heteroatoms. The number of nitrogens with zero attached hydrogens (tertiary/aromatic N) is 4. The SMILES string of the molecule is CCCN(CCCNC(=O)OC1CCC1)C(=O)C1=Cc2c(cnn2CCCCCNC(=O)CCOCCOCCOCCOCCOCCOCCOCCOCCOCCOCCOCCC(=O)Oc2c(F)c(F)cc(F)c2F)N=C(N)C1. The number of amides is 3. The van der Waals surface area contributed by atoms with Crippen LogP contribution in [0.5, 0.6) is 5.75 Å². The monoisotopic (exact) mass is 1210 g/mol. The zero-order valence-electron chi connectivity index (χ0n) is 48.5.